The molecule has 1 aliphatic carbocycles. The zero-order valence-corrected chi connectivity index (χ0v) is 11.3. The van der Waals surface area contributed by atoms with Gasteiger partial charge < -0.3 is 9.84 Å². The SMILES string of the molecule is CC(C(=O)NCCc1nc(C2CC2)no1)n1cccn1. The normalized spacial score (nSPS) is 16.1. The van der Waals surface area contributed by atoms with Crippen molar-refractivity contribution in [1.82, 2.24) is 25.2 Å². The van der Waals surface area contributed by atoms with Gasteiger partial charge in [0.15, 0.2) is 5.82 Å². The molecule has 2 aromatic heterocycles. The molecule has 20 heavy (non-hydrogen) atoms. The summed E-state index contributed by atoms with van der Waals surface area (Å²) in [5, 5.41) is 10.8. The van der Waals surface area contributed by atoms with Gasteiger partial charge in [-0.05, 0) is 25.8 Å². The van der Waals surface area contributed by atoms with Crippen molar-refractivity contribution < 1.29 is 9.32 Å². The number of hydrogen-bond acceptors (Lipinski definition) is 5. The van der Waals surface area contributed by atoms with Crippen LogP contribution in [0.2, 0.25) is 0 Å². The summed E-state index contributed by atoms with van der Waals surface area (Å²) in [5.41, 5.74) is 0. The van der Waals surface area contributed by atoms with Gasteiger partial charge in [-0.1, -0.05) is 5.16 Å². The van der Waals surface area contributed by atoms with Crippen molar-refractivity contribution in [3.05, 3.63) is 30.2 Å². The Labute approximate surface area is 116 Å². The highest BCUT2D eigenvalue weighted by molar-refractivity contribution is 5.79. The number of hydrogen-bond donors (Lipinski definition) is 1. The highest BCUT2D eigenvalue weighted by atomic mass is 16.5. The summed E-state index contributed by atoms with van der Waals surface area (Å²) in [6, 6.07) is 1.47. The van der Waals surface area contributed by atoms with Gasteiger partial charge in [0.25, 0.3) is 0 Å². The Balaban J connectivity index is 1.45. The zero-order valence-electron chi connectivity index (χ0n) is 11.3. The fraction of sp³-hybridized carbons (Fsp3) is 0.538. The third-order valence-corrected chi connectivity index (χ3v) is 3.37. The molecule has 0 bridgehead atoms. The summed E-state index contributed by atoms with van der Waals surface area (Å²) in [5.74, 6) is 1.80. The molecule has 0 spiro atoms. The molecule has 1 amide bonds. The van der Waals surface area contributed by atoms with E-state index in [0.29, 0.717) is 24.8 Å². The van der Waals surface area contributed by atoms with Crippen LogP contribution >= 0.6 is 0 Å². The van der Waals surface area contributed by atoms with E-state index in [1.807, 2.05) is 0 Å². The largest absolute Gasteiger partial charge is 0.354 e. The Morgan fingerprint density at radius 2 is 2.45 bits per heavy atom. The first-order valence-corrected chi connectivity index (χ1v) is 6.83. The predicted molar refractivity (Wildman–Crippen MR) is 69.9 cm³/mol. The monoisotopic (exact) mass is 275 g/mol. The second-order valence-electron chi connectivity index (χ2n) is 5.02. The van der Waals surface area contributed by atoms with Crippen LogP contribution < -0.4 is 5.32 Å². The van der Waals surface area contributed by atoms with Crippen molar-refractivity contribution in [1.29, 1.82) is 0 Å². The minimum atomic E-state index is -0.324. The van der Waals surface area contributed by atoms with E-state index in [-0.39, 0.29) is 11.9 Å². The maximum atomic E-state index is 11.9. The molecule has 1 saturated carbocycles. The lowest BCUT2D eigenvalue weighted by molar-refractivity contribution is -0.124. The van der Waals surface area contributed by atoms with E-state index >= 15 is 0 Å². The molecular weight excluding hydrogens is 258 g/mol. The summed E-state index contributed by atoms with van der Waals surface area (Å²) in [6.07, 6.45) is 6.28. The second-order valence-corrected chi connectivity index (χ2v) is 5.02. The summed E-state index contributed by atoms with van der Waals surface area (Å²) in [4.78, 5) is 16.2. The molecular formula is C13H17N5O2. The number of amides is 1. The highest BCUT2D eigenvalue weighted by Crippen LogP contribution is 2.38. The molecule has 1 atom stereocenters. The standard InChI is InChI=1S/C13H17N5O2/c1-9(18-8-2-6-15-18)13(19)14-7-5-11-16-12(17-20-11)10-3-4-10/h2,6,8-10H,3-5,7H2,1H3,(H,14,19). The Kier molecular flexibility index (Phi) is 3.49. The predicted octanol–water partition coefficient (Wildman–Crippen LogP) is 1.06. The minimum Gasteiger partial charge on any atom is -0.354 e. The molecule has 3 rings (SSSR count). The highest BCUT2D eigenvalue weighted by Gasteiger charge is 2.28. The van der Waals surface area contributed by atoms with E-state index in [4.69, 9.17) is 4.52 Å². The Bertz CT molecular complexity index is 573. The molecule has 1 fully saturated rings. The number of nitrogens with zero attached hydrogens (tertiary/aromatic N) is 4. The van der Waals surface area contributed by atoms with Crippen LogP contribution in [0.5, 0.6) is 0 Å². The van der Waals surface area contributed by atoms with Crippen molar-refractivity contribution in [2.75, 3.05) is 6.54 Å². The van der Waals surface area contributed by atoms with E-state index in [2.05, 4.69) is 20.6 Å². The Morgan fingerprint density at radius 1 is 1.60 bits per heavy atom. The van der Waals surface area contributed by atoms with Crippen LogP contribution in [0.3, 0.4) is 0 Å². The number of carbonyl (C=O) groups excluding carboxylic acids is 1. The van der Waals surface area contributed by atoms with Gasteiger partial charge in [0.05, 0.1) is 0 Å². The van der Waals surface area contributed by atoms with Gasteiger partial charge in [-0.15, -0.1) is 0 Å². The molecule has 0 radical (unpaired) electrons. The van der Waals surface area contributed by atoms with Crippen LogP contribution in [-0.4, -0.2) is 32.4 Å². The molecule has 1 aliphatic rings. The summed E-state index contributed by atoms with van der Waals surface area (Å²) in [6.45, 7) is 2.29. The molecule has 1 N–H and O–H groups in total. The smallest absolute Gasteiger partial charge is 0.244 e. The van der Waals surface area contributed by atoms with E-state index < -0.39 is 0 Å². The van der Waals surface area contributed by atoms with Crippen molar-refractivity contribution in [2.24, 2.45) is 0 Å². The number of nitrogens with one attached hydrogen (secondary N) is 1. The topological polar surface area (TPSA) is 85.8 Å². The van der Waals surface area contributed by atoms with Crippen LogP contribution in [0.25, 0.3) is 0 Å². The van der Waals surface area contributed by atoms with E-state index in [1.165, 1.54) is 0 Å². The summed E-state index contributed by atoms with van der Waals surface area (Å²) in [7, 11) is 0. The van der Waals surface area contributed by atoms with Gasteiger partial charge in [0, 0.05) is 31.3 Å². The van der Waals surface area contributed by atoms with Gasteiger partial charge >= 0.3 is 0 Å². The summed E-state index contributed by atoms with van der Waals surface area (Å²) >= 11 is 0. The van der Waals surface area contributed by atoms with Crippen LogP contribution in [0, 0.1) is 0 Å². The van der Waals surface area contributed by atoms with Crippen LogP contribution in [0.4, 0.5) is 0 Å². The molecule has 106 valence electrons. The molecule has 1 unspecified atom stereocenters. The molecule has 0 saturated heterocycles. The van der Waals surface area contributed by atoms with Crippen molar-refractivity contribution >= 4 is 5.91 Å². The van der Waals surface area contributed by atoms with Crippen molar-refractivity contribution in [2.45, 2.75) is 38.1 Å². The molecule has 7 nitrogen and oxygen atoms in total. The number of carbonyl (C=O) groups is 1. The lowest BCUT2D eigenvalue weighted by Gasteiger charge is -2.11. The maximum Gasteiger partial charge on any atom is 0.244 e. The van der Waals surface area contributed by atoms with Gasteiger partial charge in [0.2, 0.25) is 11.8 Å². The van der Waals surface area contributed by atoms with E-state index in [1.54, 1.807) is 30.1 Å². The Morgan fingerprint density at radius 3 is 3.15 bits per heavy atom. The van der Waals surface area contributed by atoms with E-state index in [9.17, 15) is 4.79 Å². The van der Waals surface area contributed by atoms with Crippen LogP contribution in [0.15, 0.2) is 23.0 Å². The van der Waals surface area contributed by atoms with Crippen molar-refractivity contribution in [3.8, 4) is 0 Å². The lowest BCUT2D eigenvalue weighted by atomic mass is 10.3. The second kappa shape index (κ2) is 5.44. The molecule has 2 aromatic rings. The number of rotatable bonds is 6. The van der Waals surface area contributed by atoms with Crippen molar-refractivity contribution in [3.63, 3.8) is 0 Å². The Hall–Kier alpha value is -2.18. The molecule has 0 aliphatic heterocycles. The maximum absolute atomic E-state index is 11.9. The average Bonchev–Trinajstić information content (AvgIpc) is 2.98. The number of aromatic nitrogens is 4. The van der Waals surface area contributed by atoms with Gasteiger partial charge in [0.1, 0.15) is 6.04 Å². The first-order valence-electron chi connectivity index (χ1n) is 6.83. The zero-order chi connectivity index (χ0) is 13.9. The minimum absolute atomic E-state index is 0.0735. The molecule has 7 heteroatoms. The van der Waals surface area contributed by atoms with Gasteiger partial charge in [-0.25, -0.2) is 0 Å². The summed E-state index contributed by atoms with van der Waals surface area (Å²) < 4.78 is 6.77. The fourth-order valence-electron chi connectivity index (χ4n) is 1.95. The first kappa shape index (κ1) is 12.8. The molecule has 2 heterocycles. The van der Waals surface area contributed by atoms with Crippen LogP contribution in [0.1, 0.15) is 43.4 Å². The van der Waals surface area contributed by atoms with Crippen LogP contribution in [-0.2, 0) is 11.2 Å². The third-order valence-electron chi connectivity index (χ3n) is 3.37. The fourth-order valence-corrected chi connectivity index (χ4v) is 1.95. The lowest BCUT2D eigenvalue weighted by Crippen LogP contribution is -2.32. The van der Waals surface area contributed by atoms with E-state index in [0.717, 1.165) is 18.7 Å². The third kappa shape index (κ3) is 2.87. The molecule has 0 aromatic carbocycles. The van der Waals surface area contributed by atoms with Gasteiger partial charge in [-0.2, -0.15) is 10.1 Å². The van der Waals surface area contributed by atoms with Gasteiger partial charge in [-0.3, -0.25) is 9.48 Å². The quantitative estimate of drug-likeness (QED) is 0.852. The first-order chi connectivity index (χ1) is 9.74. The average molecular weight is 275 g/mol.